The summed E-state index contributed by atoms with van der Waals surface area (Å²) in [6.07, 6.45) is 0. The minimum absolute atomic E-state index is 0.384. The van der Waals surface area contributed by atoms with Crippen LogP contribution in [0.15, 0.2) is 42.5 Å². The third-order valence-corrected chi connectivity index (χ3v) is 2.90. The highest BCUT2D eigenvalue weighted by Gasteiger charge is 2.06. The number of amides is 2. The minimum Gasteiger partial charge on any atom is -0.497 e. The van der Waals surface area contributed by atoms with Gasteiger partial charge in [0.05, 0.1) is 17.8 Å². The lowest BCUT2D eigenvalue weighted by atomic mass is 10.3. The third kappa shape index (κ3) is 3.55. The molecule has 104 valence electrons. The van der Waals surface area contributed by atoms with Gasteiger partial charge in [-0.2, -0.15) is 0 Å². The molecule has 20 heavy (non-hydrogen) atoms. The van der Waals surface area contributed by atoms with Gasteiger partial charge in [0.25, 0.3) is 0 Å². The molecule has 0 bridgehead atoms. The van der Waals surface area contributed by atoms with E-state index in [0.29, 0.717) is 22.1 Å². The molecule has 0 unspecified atom stereocenters. The van der Waals surface area contributed by atoms with Crippen LogP contribution in [0.4, 0.5) is 21.9 Å². The molecular formula is C14H14ClN3O2. The van der Waals surface area contributed by atoms with Gasteiger partial charge in [0.2, 0.25) is 0 Å². The fourth-order valence-corrected chi connectivity index (χ4v) is 1.83. The average Bonchev–Trinajstić information content (AvgIpc) is 2.43. The normalized spacial score (nSPS) is 9.90. The number of hydrogen-bond acceptors (Lipinski definition) is 3. The lowest BCUT2D eigenvalue weighted by Gasteiger charge is -2.10. The number of methoxy groups -OCH3 is 1. The van der Waals surface area contributed by atoms with Gasteiger partial charge < -0.3 is 21.1 Å². The molecule has 0 aliphatic rings. The van der Waals surface area contributed by atoms with Crippen molar-refractivity contribution in [3.8, 4) is 5.75 Å². The van der Waals surface area contributed by atoms with E-state index < -0.39 is 0 Å². The standard InChI is InChI=1S/C14H14ClN3O2/c1-20-11-5-3-10(4-6-11)17-14(19)18-13-7-2-9(16)8-12(13)15/h2-8H,16H2,1H3,(H2,17,18,19). The molecule has 0 heterocycles. The number of halogens is 1. The zero-order valence-electron chi connectivity index (χ0n) is 10.8. The Balaban J connectivity index is 2.01. The second kappa shape index (κ2) is 6.16. The van der Waals surface area contributed by atoms with E-state index in [1.807, 2.05) is 0 Å². The van der Waals surface area contributed by atoms with Crippen LogP contribution in [0.2, 0.25) is 5.02 Å². The maximum atomic E-state index is 11.8. The molecule has 0 spiro atoms. The summed E-state index contributed by atoms with van der Waals surface area (Å²) >= 11 is 5.98. The van der Waals surface area contributed by atoms with Crippen LogP contribution in [0.5, 0.6) is 5.75 Å². The van der Waals surface area contributed by atoms with Crippen molar-refractivity contribution in [2.24, 2.45) is 0 Å². The van der Waals surface area contributed by atoms with Crippen molar-refractivity contribution < 1.29 is 9.53 Å². The number of anilines is 3. The van der Waals surface area contributed by atoms with Crippen LogP contribution in [0.3, 0.4) is 0 Å². The predicted molar refractivity (Wildman–Crippen MR) is 81.5 cm³/mol. The largest absolute Gasteiger partial charge is 0.497 e. The Kier molecular flexibility index (Phi) is 4.32. The van der Waals surface area contributed by atoms with Gasteiger partial charge in [-0.15, -0.1) is 0 Å². The monoisotopic (exact) mass is 291 g/mol. The molecule has 0 radical (unpaired) electrons. The Hall–Kier alpha value is -2.40. The summed E-state index contributed by atoms with van der Waals surface area (Å²) in [7, 11) is 1.58. The fourth-order valence-electron chi connectivity index (χ4n) is 1.59. The van der Waals surface area contributed by atoms with Crippen molar-refractivity contribution in [1.82, 2.24) is 0 Å². The zero-order chi connectivity index (χ0) is 14.5. The van der Waals surface area contributed by atoms with Gasteiger partial charge in [0.1, 0.15) is 5.75 Å². The molecule has 0 fully saturated rings. The number of nitrogen functional groups attached to an aromatic ring is 1. The molecule has 2 amide bonds. The summed E-state index contributed by atoms with van der Waals surface area (Å²) < 4.78 is 5.04. The molecule has 0 aliphatic carbocycles. The zero-order valence-corrected chi connectivity index (χ0v) is 11.6. The Labute approximate surface area is 121 Å². The number of nitrogens with one attached hydrogen (secondary N) is 2. The smallest absolute Gasteiger partial charge is 0.323 e. The molecule has 4 N–H and O–H groups in total. The molecule has 2 rings (SSSR count). The van der Waals surface area contributed by atoms with E-state index in [2.05, 4.69) is 10.6 Å². The number of ether oxygens (including phenoxy) is 1. The Morgan fingerprint density at radius 1 is 1.15 bits per heavy atom. The van der Waals surface area contributed by atoms with Crippen molar-refractivity contribution >= 4 is 34.7 Å². The van der Waals surface area contributed by atoms with Crippen molar-refractivity contribution in [3.05, 3.63) is 47.5 Å². The van der Waals surface area contributed by atoms with Crippen LogP contribution < -0.4 is 21.1 Å². The van der Waals surface area contributed by atoms with Crippen LogP contribution in [0, 0.1) is 0 Å². The average molecular weight is 292 g/mol. The first-order chi connectivity index (χ1) is 9.58. The van der Waals surface area contributed by atoms with E-state index in [4.69, 9.17) is 22.1 Å². The summed E-state index contributed by atoms with van der Waals surface area (Å²) in [6, 6.07) is 11.5. The Morgan fingerprint density at radius 2 is 1.85 bits per heavy atom. The maximum absolute atomic E-state index is 11.8. The quantitative estimate of drug-likeness (QED) is 0.757. The highest BCUT2D eigenvalue weighted by molar-refractivity contribution is 6.34. The second-order valence-corrected chi connectivity index (χ2v) is 4.45. The third-order valence-electron chi connectivity index (χ3n) is 2.59. The van der Waals surface area contributed by atoms with Gasteiger partial charge in [0, 0.05) is 11.4 Å². The van der Waals surface area contributed by atoms with E-state index in [9.17, 15) is 4.79 Å². The number of rotatable bonds is 3. The van der Waals surface area contributed by atoms with Crippen LogP contribution in [-0.2, 0) is 0 Å². The number of benzene rings is 2. The molecule has 5 nitrogen and oxygen atoms in total. The molecule has 2 aromatic rings. The molecule has 0 atom stereocenters. The van der Waals surface area contributed by atoms with E-state index in [0.717, 1.165) is 5.75 Å². The van der Waals surface area contributed by atoms with Crippen molar-refractivity contribution in [2.75, 3.05) is 23.5 Å². The summed E-state index contributed by atoms with van der Waals surface area (Å²) in [5, 5.41) is 5.72. The van der Waals surface area contributed by atoms with Gasteiger partial charge in [-0.25, -0.2) is 4.79 Å². The molecule has 0 saturated heterocycles. The fraction of sp³-hybridized carbons (Fsp3) is 0.0714. The van der Waals surface area contributed by atoms with Crippen molar-refractivity contribution in [1.29, 1.82) is 0 Å². The minimum atomic E-state index is -0.387. The van der Waals surface area contributed by atoms with Crippen LogP contribution >= 0.6 is 11.6 Å². The molecule has 0 aromatic heterocycles. The topological polar surface area (TPSA) is 76.4 Å². The van der Waals surface area contributed by atoms with Gasteiger partial charge in [0.15, 0.2) is 0 Å². The maximum Gasteiger partial charge on any atom is 0.323 e. The number of nitrogens with two attached hydrogens (primary N) is 1. The van der Waals surface area contributed by atoms with E-state index in [-0.39, 0.29) is 6.03 Å². The highest BCUT2D eigenvalue weighted by Crippen LogP contribution is 2.24. The van der Waals surface area contributed by atoms with E-state index >= 15 is 0 Å². The molecule has 2 aromatic carbocycles. The van der Waals surface area contributed by atoms with Crippen molar-refractivity contribution in [3.63, 3.8) is 0 Å². The Morgan fingerprint density at radius 3 is 2.45 bits per heavy atom. The first kappa shape index (κ1) is 14.0. The van der Waals surface area contributed by atoms with Gasteiger partial charge in [-0.05, 0) is 42.5 Å². The predicted octanol–water partition coefficient (Wildman–Crippen LogP) is 3.57. The summed E-state index contributed by atoms with van der Waals surface area (Å²) in [5.74, 6) is 0.720. The van der Waals surface area contributed by atoms with Crippen LogP contribution in [-0.4, -0.2) is 13.1 Å². The SMILES string of the molecule is COc1ccc(NC(=O)Nc2ccc(N)cc2Cl)cc1. The highest BCUT2D eigenvalue weighted by atomic mass is 35.5. The molecule has 0 saturated carbocycles. The summed E-state index contributed by atoms with van der Waals surface area (Å²) in [4.78, 5) is 11.8. The first-order valence-corrected chi connectivity index (χ1v) is 6.23. The Bertz CT molecular complexity index is 614. The lowest BCUT2D eigenvalue weighted by Crippen LogP contribution is -2.19. The number of hydrogen-bond donors (Lipinski definition) is 3. The molecule has 0 aliphatic heterocycles. The first-order valence-electron chi connectivity index (χ1n) is 5.85. The number of carbonyl (C=O) groups is 1. The second-order valence-electron chi connectivity index (χ2n) is 4.05. The van der Waals surface area contributed by atoms with Crippen molar-refractivity contribution in [2.45, 2.75) is 0 Å². The van der Waals surface area contributed by atoms with Gasteiger partial charge in [-0.1, -0.05) is 11.6 Å². The molecule has 6 heteroatoms. The molecular weight excluding hydrogens is 278 g/mol. The van der Waals surface area contributed by atoms with E-state index in [1.165, 1.54) is 0 Å². The number of carbonyl (C=O) groups excluding carboxylic acids is 1. The summed E-state index contributed by atoms with van der Waals surface area (Å²) in [5.41, 5.74) is 7.26. The van der Waals surface area contributed by atoms with Gasteiger partial charge >= 0.3 is 6.03 Å². The van der Waals surface area contributed by atoms with Crippen LogP contribution in [0.1, 0.15) is 0 Å². The summed E-state index contributed by atoms with van der Waals surface area (Å²) in [6.45, 7) is 0. The lowest BCUT2D eigenvalue weighted by molar-refractivity contribution is 0.262. The van der Waals surface area contributed by atoms with Gasteiger partial charge in [-0.3, -0.25) is 0 Å². The van der Waals surface area contributed by atoms with E-state index in [1.54, 1.807) is 49.6 Å². The number of urea groups is 1. The van der Waals surface area contributed by atoms with Crippen LogP contribution in [0.25, 0.3) is 0 Å².